The van der Waals surface area contributed by atoms with Gasteiger partial charge in [0.15, 0.2) is 0 Å². The fourth-order valence-electron chi connectivity index (χ4n) is 0. The van der Waals surface area contributed by atoms with E-state index in [0.29, 0.717) is 0 Å². The third-order valence-electron chi connectivity index (χ3n) is 0. The van der Waals surface area contributed by atoms with Gasteiger partial charge in [0, 0.05) is 0 Å². The lowest BCUT2D eigenvalue weighted by Crippen LogP contribution is -1.89. The van der Waals surface area contributed by atoms with Crippen molar-refractivity contribution in [3.05, 3.63) is 0 Å². The largest absolute Gasteiger partial charge is 0.475 e. The third-order valence-corrected chi connectivity index (χ3v) is 0. The van der Waals surface area contributed by atoms with E-state index in [0.717, 1.165) is 0 Å². The average molecular weight is 135 g/mol. The fourth-order valence-corrected chi connectivity index (χ4v) is 0. The van der Waals surface area contributed by atoms with Gasteiger partial charge in [-0.05, 0) is 11.6 Å². The predicted octanol–water partition coefficient (Wildman–Crippen LogP) is 2.77. The van der Waals surface area contributed by atoms with E-state index in [-0.39, 0.29) is 0 Å². The lowest BCUT2D eigenvalue weighted by atomic mass is 11.0. The molecule has 0 rings (SSSR count). The molecule has 0 N–H and O–H groups in total. The second-order valence-corrected chi connectivity index (χ2v) is 0.857. The van der Waals surface area contributed by atoms with Gasteiger partial charge >= 0.3 is 5.64 Å². The maximum atomic E-state index is 10.1. The monoisotopic (exact) mass is 134 g/mol. The number of rotatable bonds is 0. The predicted molar refractivity (Wildman–Crippen MR) is 23.3 cm³/mol. The van der Waals surface area contributed by atoms with Crippen LogP contribution in [0.2, 0.25) is 0 Å². The average Bonchev–Trinajstić information content (AvgIpc) is 1.36. The number of alkyl halides is 4. The minimum absolute atomic E-state index is 2.00. The van der Waals surface area contributed by atoms with E-state index >= 15 is 0 Å². The summed E-state index contributed by atoms with van der Waals surface area (Å²) in [5.74, 6) is 0. The van der Waals surface area contributed by atoms with Crippen LogP contribution in [0.15, 0.2) is 0 Å². The van der Waals surface area contributed by atoms with Crippen molar-refractivity contribution < 1.29 is 13.2 Å². The van der Waals surface area contributed by atoms with Gasteiger partial charge in [-0.3, -0.25) is 0 Å². The van der Waals surface area contributed by atoms with Crippen LogP contribution in [0.25, 0.3) is 0 Å². The Morgan fingerprint density at radius 1 is 1.14 bits per heavy atom. The van der Waals surface area contributed by atoms with Crippen LogP contribution in [-0.4, -0.2) is 5.64 Å². The van der Waals surface area contributed by atoms with E-state index in [1.165, 1.54) is 0 Å². The molecule has 0 spiro atoms. The van der Waals surface area contributed by atoms with Gasteiger partial charge in [0.2, 0.25) is 0 Å². The molecule has 0 aliphatic rings. The van der Waals surface area contributed by atoms with Crippen molar-refractivity contribution in [3.63, 3.8) is 0 Å². The van der Waals surface area contributed by atoms with Crippen molar-refractivity contribution >= 4 is 11.6 Å². The molecule has 0 aromatic heterocycles. The van der Waals surface area contributed by atoms with E-state index in [1.807, 2.05) is 13.8 Å². The molecule has 0 unspecified atom stereocenters. The van der Waals surface area contributed by atoms with Gasteiger partial charge in [-0.1, -0.05) is 13.8 Å². The van der Waals surface area contributed by atoms with Crippen molar-refractivity contribution in [2.24, 2.45) is 0 Å². The number of hydrogen-bond acceptors (Lipinski definition) is 0. The Bertz CT molecular complexity index is 25.7. The molecule has 0 heterocycles. The molecule has 0 aliphatic carbocycles. The maximum absolute atomic E-state index is 10.1. The van der Waals surface area contributed by atoms with Gasteiger partial charge in [0.05, 0.1) is 0 Å². The maximum Gasteiger partial charge on any atom is 0.475 e. The highest BCUT2D eigenvalue weighted by Gasteiger charge is 2.20. The van der Waals surface area contributed by atoms with Gasteiger partial charge in [-0.2, -0.15) is 13.2 Å². The smallest absolute Gasteiger partial charge is 0.156 e. The van der Waals surface area contributed by atoms with Crippen molar-refractivity contribution in [1.29, 1.82) is 0 Å². The van der Waals surface area contributed by atoms with Crippen LogP contribution in [0.4, 0.5) is 13.2 Å². The van der Waals surface area contributed by atoms with E-state index in [2.05, 4.69) is 11.6 Å². The highest BCUT2D eigenvalue weighted by molar-refractivity contribution is 6.20. The topological polar surface area (TPSA) is 0 Å². The SMILES string of the molecule is CC.FC(F)(F)Cl. The first-order chi connectivity index (χ1) is 3.00. The highest BCUT2D eigenvalue weighted by Crippen LogP contribution is 2.18. The Kier molecular flexibility index (Phi) is 6.15. The number of halogens is 4. The van der Waals surface area contributed by atoms with Crippen LogP contribution in [0.3, 0.4) is 0 Å². The Balaban J connectivity index is 0. The van der Waals surface area contributed by atoms with Crippen LogP contribution >= 0.6 is 11.6 Å². The molecule has 46 valence electrons. The summed E-state index contributed by atoms with van der Waals surface area (Å²) in [4.78, 5) is 0. The quantitative estimate of drug-likeness (QED) is 0.447. The highest BCUT2D eigenvalue weighted by atomic mass is 35.5. The summed E-state index contributed by atoms with van der Waals surface area (Å²) in [5.41, 5.74) is -4.53. The van der Waals surface area contributed by atoms with Gasteiger partial charge in [0.25, 0.3) is 0 Å². The first-order valence-electron chi connectivity index (χ1n) is 1.76. The Morgan fingerprint density at radius 3 is 1.14 bits per heavy atom. The van der Waals surface area contributed by atoms with Crippen molar-refractivity contribution in [3.8, 4) is 0 Å². The van der Waals surface area contributed by atoms with Crippen LogP contribution < -0.4 is 0 Å². The normalized spacial score (nSPS) is 9.43. The van der Waals surface area contributed by atoms with Gasteiger partial charge in [-0.25, -0.2) is 0 Å². The van der Waals surface area contributed by atoms with Gasteiger partial charge in [-0.15, -0.1) is 0 Å². The van der Waals surface area contributed by atoms with E-state index in [4.69, 9.17) is 0 Å². The van der Waals surface area contributed by atoms with Gasteiger partial charge in [0.1, 0.15) is 0 Å². The van der Waals surface area contributed by atoms with Crippen molar-refractivity contribution in [2.75, 3.05) is 0 Å². The summed E-state index contributed by atoms with van der Waals surface area (Å²) in [7, 11) is 0. The fraction of sp³-hybridized carbons (Fsp3) is 1.00. The summed E-state index contributed by atoms with van der Waals surface area (Å²) in [6.45, 7) is 4.00. The Hall–Kier alpha value is 0.0800. The minimum Gasteiger partial charge on any atom is -0.156 e. The molecule has 0 amide bonds. The molecule has 0 aromatic carbocycles. The van der Waals surface area contributed by atoms with Crippen LogP contribution in [0.5, 0.6) is 0 Å². The zero-order valence-electron chi connectivity index (χ0n) is 4.01. The first kappa shape index (κ1) is 10.1. The lowest BCUT2D eigenvalue weighted by molar-refractivity contribution is -0.0420. The van der Waals surface area contributed by atoms with Crippen molar-refractivity contribution in [2.45, 2.75) is 19.5 Å². The zero-order valence-corrected chi connectivity index (χ0v) is 4.77. The Morgan fingerprint density at radius 2 is 1.14 bits per heavy atom. The molecule has 0 aliphatic heterocycles. The molecule has 0 nitrogen and oxygen atoms in total. The second kappa shape index (κ2) is 4.24. The van der Waals surface area contributed by atoms with E-state index in [1.54, 1.807) is 0 Å². The first-order valence-corrected chi connectivity index (χ1v) is 2.13. The van der Waals surface area contributed by atoms with Gasteiger partial charge < -0.3 is 0 Å². The molecule has 0 atom stereocenters. The third kappa shape index (κ3) is 15800. The molecule has 0 fully saturated rings. The molecule has 0 bridgehead atoms. The zero-order chi connectivity index (χ0) is 6.50. The van der Waals surface area contributed by atoms with Crippen LogP contribution in [-0.2, 0) is 0 Å². The standard InChI is InChI=1S/C2H6.CClF3/c1-2;2-1(3,4)5/h1-2H3;. The van der Waals surface area contributed by atoms with E-state index in [9.17, 15) is 13.2 Å². The molecule has 0 radical (unpaired) electrons. The summed E-state index contributed by atoms with van der Waals surface area (Å²) in [5, 5.41) is 0. The summed E-state index contributed by atoms with van der Waals surface area (Å²) in [6.07, 6.45) is 0. The van der Waals surface area contributed by atoms with E-state index < -0.39 is 5.64 Å². The second-order valence-electron chi connectivity index (χ2n) is 0.429. The molecule has 0 aromatic rings. The molecule has 0 saturated carbocycles. The summed E-state index contributed by atoms with van der Waals surface area (Å²) < 4.78 is 30.4. The number of hydrogen-bond donors (Lipinski definition) is 0. The minimum atomic E-state index is -4.53. The molecule has 0 saturated heterocycles. The van der Waals surface area contributed by atoms with Crippen LogP contribution in [0.1, 0.15) is 13.8 Å². The lowest BCUT2D eigenvalue weighted by Gasteiger charge is -1.84. The summed E-state index contributed by atoms with van der Waals surface area (Å²) >= 11 is 3.53. The molecule has 4 heteroatoms. The molecular weight excluding hydrogens is 128 g/mol. The Labute approximate surface area is 45.3 Å². The molecular formula is C3H6ClF3. The summed E-state index contributed by atoms with van der Waals surface area (Å²) in [6, 6.07) is 0. The van der Waals surface area contributed by atoms with Crippen LogP contribution in [0, 0.1) is 0 Å². The molecule has 7 heavy (non-hydrogen) atoms. The van der Waals surface area contributed by atoms with Crippen molar-refractivity contribution in [1.82, 2.24) is 0 Å².